The van der Waals surface area contributed by atoms with Crippen molar-refractivity contribution in [3.05, 3.63) is 63.1 Å². The number of ketones is 1. The summed E-state index contributed by atoms with van der Waals surface area (Å²) in [5, 5.41) is 3.13. The van der Waals surface area contributed by atoms with E-state index in [1.165, 1.54) is 0 Å². The number of nitrogens with one attached hydrogen (secondary N) is 1. The Bertz CT molecular complexity index is 857. The molecule has 1 aromatic rings. The van der Waals surface area contributed by atoms with Gasteiger partial charge in [-0.1, -0.05) is 24.3 Å². The molecular formula is C15H11NO3S. The van der Waals surface area contributed by atoms with Gasteiger partial charge < -0.3 is 5.32 Å². The summed E-state index contributed by atoms with van der Waals surface area (Å²) < 4.78 is 25.1. The van der Waals surface area contributed by atoms with E-state index in [4.69, 9.17) is 0 Å². The fourth-order valence-electron chi connectivity index (χ4n) is 2.91. The molecule has 1 aromatic carbocycles. The van der Waals surface area contributed by atoms with Crippen LogP contribution >= 0.6 is 0 Å². The summed E-state index contributed by atoms with van der Waals surface area (Å²) in [6.07, 6.45) is 3.77. The van der Waals surface area contributed by atoms with Crippen molar-refractivity contribution in [2.24, 2.45) is 0 Å². The molecular weight excluding hydrogens is 274 g/mol. The Morgan fingerprint density at radius 2 is 1.95 bits per heavy atom. The van der Waals surface area contributed by atoms with Gasteiger partial charge in [0.25, 0.3) is 0 Å². The minimum atomic E-state index is -3.53. The first-order valence-corrected chi connectivity index (χ1v) is 7.85. The smallest absolute Gasteiger partial charge is 0.205 e. The van der Waals surface area contributed by atoms with Crippen molar-refractivity contribution in [1.29, 1.82) is 0 Å². The second-order valence-corrected chi connectivity index (χ2v) is 6.97. The molecule has 2 aliphatic heterocycles. The average Bonchev–Trinajstić information content (AvgIpc) is 2.67. The Morgan fingerprint density at radius 1 is 1.15 bits per heavy atom. The molecule has 0 atom stereocenters. The second kappa shape index (κ2) is 3.70. The summed E-state index contributed by atoms with van der Waals surface area (Å²) in [5.74, 6) is -0.136. The molecule has 0 spiro atoms. The summed E-state index contributed by atoms with van der Waals surface area (Å²) in [6, 6.07) is 7.56. The molecule has 1 aliphatic carbocycles. The van der Waals surface area contributed by atoms with Crippen LogP contribution in [-0.4, -0.2) is 14.2 Å². The van der Waals surface area contributed by atoms with Crippen LogP contribution in [0.1, 0.15) is 12.0 Å². The number of carbonyl (C=O) groups is 1. The predicted molar refractivity (Wildman–Crippen MR) is 75.5 cm³/mol. The monoisotopic (exact) mass is 285 g/mol. The predicted octanol–water partition coefficient (Wildman–Crippen LogP) is 2.08. The number of para-hydroxylation sites is 1. The Balaban J connectivity index is 1.96. The van der Waals surface area contributed by atoms with Crippen LogP contribution in [0.25, 0.3) is 0 Å². The third kappa shape index (κ3) is 1.35. The first-order valence-electron chi connectivity index (χ1n) is 6.36. The number of Topliss-reactive ketones (excluding diaryl/α,β-unsaturated/α-hetero) is 1. The number of allylic oxidation sites excluding steroid dienone is 4. The van der Waals surface area contributed by atoms with Crippen molar-refractivity contribution in [2.45, 2.75) is 12.8 Å². The van der Waals surface area contributed by atoms with Crippen LogP contribution in [0.3, 0.4) is 0 Å². The highest BCUT2D eigenvalue weighted by Crippen LogP contribution is 2.44. The van der Waals surface area contributed by atoms with Crippen molar-refractivity contribution in [1.82, 2.24) is 0 Å². The highest BCUT2D eigenvalue weighted by atomic mass is 32.2. The van der Waals surface area contributed by atoms with E-state index in [0.717, 1.165) is 11.3 Å². The molecule has 20 heavy (non-hydrogen) atoms. The number of fused-ring (bicyclic) bond motifs is 2. The second-order valence-electron chi connectivity index (χ2n) is 5.03. The van der Waals surface area contributed by atoms with Crippen molar-refractivity contribution in [3.63, 3.8) is 0 Å². The van der Waals surface area contributed by atoms with Gasteiger partial charge >= 0.3 is 0 Å². The molecule has 2 heterocycles. The van der Waals surface area contributed by atoms with Gasteiger partial charge in [0.05, 0.1) is 21.1 Å². The van der Waals surface area contributed by atoms with E-state index < -0.39 is 9.84 Å². The van der Waals surface area contributed by atoms with E-state index in [0.29, 0.717) is 22.6 Å². The number of hydrogen-bond acceptors (Lipinski definition) is 4. The molecule has 5 heteroatoms. The molecule has 0 amide bonds. The summed E-state index contributed by atoms with van der Waals surface area (Å²) in [4.78, 5) is 12.6. The van der Waals surface area contributed by atoms with E-state index in [-0.39, 0.29) is 17.1 Å². The molecule has 0 radical (unpaired) electrons. The number of benzene rings is 1. The lowest BCUT2D eigenvalue weighted by Gasteiger charge is -2.20. The van der Waals surface area contributed by atoms with Crippen molar-refractivity contribution >= 4 is 21.3 Å². The highest BCUT2D eigenvalue weighted by molar-refractivity contribution is 7.99. The topological polar surface area (TPSA) is 63.2 Å². The standard InChI is InChI=1S/C15H11NO3S/c17-11-6-3-7-12-14(11)15-13(20(12,18)19)8-9-4-1-2-5-10(9)16-15/h1-5,7,16H,6,8H2. The average molecular weight is 285 g/mol. The maximum atomic E-state index is 12.6. The number of anilines is 1. The molecule has 0 bridgehead atoms. The Morgan fingerprint density at radius 3 is 2.80 bits per heavy atom. The minimum absolute atomic E-state index is 0.136. The van der Waals surface area contributed by atoms with Crippen LogP contribution in [0.4, 0.5) is 5.69 Å². The van der Waals surface area contributed by atoms with Gasteiger partial charge in [0.2, 0.25) is 9.84 Å². The van der Waals surface area contributed by atoms with Gasteiger partial charge in [-0.15, -0.1) is 0 Å². The lowest BCUT2D eigenvalue weighted by molar-refractivity contribution is -0.114. The molecule has 4 rings (SSSR count). The lowest BCUT2D eigenvalue weighted by Crippen LogP contribution is -2.16. The van der Waals surface area contributed by atoms with Gasteiger partial charge in [0.1, 0.15) is 0 Å². The number of carbonyl (C=O) groups excluding carboxylic acids is 1. The lowest BCUT2D eigenvalue weighted by atomic mass is 9.96. The third-order valence-electron chi connectivity index (χ3n) is 3.87. The number of hydrogen-bond donors (Lipinski definition) is 1. The van der Waals surface area contributed by atoms with Crippen LogP contribution in [0.5, 0.6) is 0 Å². The minimum Gasteiger partial charge on any atom is -0.354 e. The van der Waals surface area contributed by atoms with Gasteiger partial charge in [-0.25, -0.2) is 8.42 Å². The largest absolute Gasteiger partial charge is 0.354 e. The summed E-state index contributed by atoms with van der Waals surface area (Å²) >= 11 is 0. The summed E-state index contributed by atoms with van der Waals surface area (Å²) in [6.45, 7) is 0. The normalized spacial score (nSPS) is 22.3. The number of sulfone groups is 1. The highest BCUT2D eigenvalue weighted by Gasteiger charge is 2.42. The van der Waals surface area contributed by atoms with Crippen LogP contribution in [-0.2, 0) is 21.1 Å². The SMILES string of the molecule is O=C1CC=CC2=C1C1=C(Cc3ccccc3N1)S2(=O)=O. The Labute approximate surface area is 116 Å². The van der Waals surface area contributed by atoms with Crippen molar-refractivity contribution in [2.75, 3.05) is 5.32 Å². The molecule has 0 unspecified atom stereocenters. The third-order valence-corrected chi connectivity index (χ3v) is 5.78. The number of rotatable bonds is 0. The zero-order valence-corrected chi connectivity index (χ0v) is 11.3. The fourth-order valence-corrected chi connectivity index (χ4v) is 4.70. The summed E-state index contributed by atoms with van der Waals surface area (Å²) in [7, 11) is -3.53. The molecule has 0 saturated carbocycles. The van der Waals surface area contributed by atoms with E-state index in [1.54, 1.807) is 12.2 Å². The zero-order chi connectivity index (χ0) is 13.9. The van der Waals surface area contributed by atoms with E-state index in [9.17, 15) is 13.2 Å². The van der Waals surface area contributed by atoms with Crippen LogP contribution in [0.15, 0.2) is 57.5 Å². The molecule has 3 aliphatic rings. The van der Waals surface area contributed by atoms with E-state index >= 15 is 0 Å². The van der Waals surface area contributed by atoms with E-state index in [1.807, 2.05) is 24.3 Å². The molecule has 0 saturated heterocycles. The van der Waals surface area contributed by atoms with Crippen LogP contribution in [0, 0.1) is 0 Å². The molecule has 0 fully saturated rings. The van der Waals surface area contributed by atoms with Crippen LogP contribution in [0.2, 0.25) is 0 Å². The van der Waals surface area contributed by atoms with Gasteiger partial charge in [-0.3, -0.25) is 4.79 Å². The van der Waals surface area contributed by atoms with Crippen molar-refractivity contribution in [3.8, 4) is 0 Å². The Hall–Kier alpha value is -2.14. The molecule has 4 nitrogen and oxygen atoms in total. The molecule has 0 aromatic heterocycles. The van der Waals surface area contributed by atoms with E-state index in [2.05, 4.69) is 5.32 Å². The van der Waals surface area contributed by atoms with Gasteiger partial charge in [-0.2, -0.15) is 0 Å². The molecule has 100 valence electrons. The first kappa shape index (κ1) is 11.7. The van der Waals surface area contributed by atoms with Gasteiger partial charge in [0.15, 0.2) is 5.78 Å². The summed E-state index contributed by atoms with van der Waals surface area (Å²) in [5.41, 5.74) is 2.62. The molecule has 1 N–H and O–H groups in total. The van der Waals surface area contributed by atoms with Crippen LogP contribution < -0.4 is 5.32 Å². The maximum absolute atomic E-state index is 12.6. The van der Waals surface area contributed by atoms with Gasteiger partial charge in [0, 0.05) is 18.5 Å². The first-order chi connectivity index (χ1) is 9.59. The zero-order valence-electron chi connectivity index (χ0n) is 10.5. The fraction of sp³-hybridized carbons (Fsp3) is 0.133. The van der Waals surface area contributed by atoms with Gasteiger partial charge in [-0.05, 0) is 17.7 Å². The Kier molecular flexibility index (Phi) is 2.16. The quantitative estimate of drug-likeness (QED) is 0.792. The van der Waals surface area contributed by atoms with Crippen molar-refractivity contribution < 1.29 is 13.2 Å². The maximum Gasteiger partial charge on any atom is 0.205 e.